The van der Waals surface area contributed by atoms with Crippen LogP contribution in [-0.4, -0.2) is 65.3 Å². The number of imide groups is 1. The molecule has 2 aliphatic heterocycles. The average Bonchev–Trinajstić information content (AvgIpc) is 3.45. The minimum atomic E-state index is -0.909. The number of ether oxygens (including phenoxy) is 1. The van der Waals surface area contributed by atoms with Crippen molar-refractivity contribution in [3.63, 3.8) is 0 Å². The number of rotatable bonds is 7. The van der Waals surface area contributed by atoms with E-state index >= 15 is 0 Å². The van der Waals surface area contributed by atoms with Gasteiger partial charge >= 0.3 is 6.03 Å². The number of carbonyl (C=O) groups is 4. The lowest BCUT2D eigenvalue weighted by molar-refractivity contribution is -0.141. The summed E-state index contributed by atoms with van der Waals surface area (Å²) in [4.78, 5) is 54.8. The summed E-state index contributed by atoms with van der Waals surface area (Å²) in [5.74, 6) is 0.204. The quantitative estimate of drug-likeness (QED) is 0.559. The molecule has 1 saturated carbocycles. The second-order valence-corrected chi connectivity index (χ2v) is 11.0. The Balaban J connectivity index is 1.37. The van der Waals surface area contributed by atoms with Gasteiger partial charge in [-0.15, -0.1) is 0 Å². The molecule has 1 unspecified atom stereocenters. The Morgan fingerprint density at radius 1 is 1.14 bits per heavy atom. The first-order valence-corrected chi connectivity index (χ1v) is 13.0. The monoisotopic (exact) mass is 498 g/mol. The van der Waals surface area contributed by atoms with Gasteiger partial charge in [0.2, 0.25) is 11.8 Å². The highest BCUT2D eigenvalue weighted by Gasteiger charge is 2.54. The van der Waals surface area contributed by atoms with Gasteiger partial charge in [-0.1, -0.05) is 27.2 Å². The molecule has 0 radical (unpaired) electrons. The summed E-state index contributed by atoms with van der Waals surface area (Å²) < 4.78 is 5.14. The van der Waals surface area contributed by atoms with E-state index in [4.69, 9.17) is 4.74 Å². The topological polar surface area (TPSA) is 108 Å². The molecule has 3 aliphatic rings. The van der Waals surface area contributed by atoms with Gasteiger partial charge in [0, 0.05) is 12.2 Å². The van der Waals surface area contributed by atoms with Gasteiger partial charge in [-0.2, -0.15) is 0 Å². The van der Waals surface area contributed by atoms with Crippen LogP contribution in [-0.2, 0) is 14.4 Å². The third kappa shape index (κ3) is 4.92. The van der Waals surface area contributed by atoms with E-state index in [0.29, 0.717) is 49.6 Å². The average molecular weight is 499 g/mol. The minimum Gasteiger partial charge on any atom is -0.497 e. The van der Waals surface area contributed by atoms with Crippen molar-refractivity contribution < 1.29 is 23.9 Å². The van der Waals surface area contributed by atoms with Crippen molar-refractivity contribution in [3.8, 4) is 5.75 Å². The van der Waals surface area contributed by atoms with E-state index < -0.39 is 17.6 Å². The maximum atomic E-state index is 13.4. The molecule has 1 atom stereocenters. The standard InChI is InChI=1S/C27H38N4O5/c1-5-26(2,3)18-12-14-27(15-13-18)24(34)31(25(35)29-27)17-22(32)30-16-6-7-21(30)23(33)28-19-8-10-20(36-4)11-9-19/h8-11,18,21H,5-7,12-17H2,1-4H3,(H,28,33)(H,29,35). The summed E-state index contributed by atoms with van der Waals surface area (Å²) in [6, 6.07) is 5.82. The number of benzene rings is 1. The van der Waals surface area contributed by atoms with Crippen molar-refractivity contribution >= 4 is 29.4 Å². The smallest absolute Gasteiger partial charge is 0.325 e. The minimum absolute atomic E-state index is 0.195. The lowest BCUT2D eigenvalue weighted by atomic mass is 9.65. The first-order chi connectivity index (χ1) is 17.1. The SMILES string of the molecule is CCC(C)(C)C1CCC2(CC1)NC(=O)N(CC(=O)N1CCCC1C(=O)Nc1ccc(OC)cc1)C2=O. The third-order valence-corrected chi connectivity index (χ3v) is 8.63. The highest BCUT2D eigenvalue weighted by molar-refractivity contribution is 6.09. The van der Waals surface area contributed by atoms with Crippen molar-refractivity contribution in [1.82, 2.24) is 15.1 Å². The van der Waals surface area contributed by atoms with E-state index in [1.807, 2.05) is 0 Å². The van der Waals surface area contributed by atoms with E-state index in [-0.39, 0.29) is 29.7 Å². The number of urea groups is 1. The molecule has 4 rings (SSSR count). The van der Waals surface area contributed by atoms with E-state index in [1.54, 1.807) is 31.4 Å². The van der Waals surface area contributed by atoms with E-state index in [2.05, 4.69) is 31.4 Å². The molecule has 9 nitrogen and oxygen atoms in total. The van der Waals surface area contributed by atoms with E-state index in [1.165, 1.54) is 4.90 Å². The fraction of sp³-hybridized carbons (Fsp3) is 0.630. The van der Waals surface area contributed by atoms with Gasteiger partial charge in [-0.3, -0.25) is 19.3 Å². The summed E-state index contributed by atoms with van der Waals surface area (Å²) in [6.45, 7) is 6.77. The van der Waals surface area contributed by atoms with E-state index in [0.717, 1.165) is 24.2 Å². The molecule has 2 heterocycles. The van der Waals surface area contributed by atoms with Crippen molar-refractivity contribution in [3.05, 3.63) is 24.3 Å². The van der Waals surface area contributed by atoms with Crippen LogP contribution < -0.4 is 15.4 Å². The Morgan fingerprint density at radius 2 is 1.81 bits per heavy atom. The van der Waals surface area contributed by atoms with Gasteiger partial charge in [-0.25, -0.2) is 4.79 Å². The molecule has 1 aromatic rings. The van der Waals surface area contributed by atoms with Gasteiger partial charge < -0.3 is 20.3 Å². The van der Waals surface area contributed by atoms with Gasteiger partial charge in [0.1, 0.15) is 23.9 Å². The van der Waals surface area contributed by atoms with Crippen LogP contribution >= 0.6 is 0 Å². The van der Waals surface area contributed by atoms with Crippen molar-refractivity contribution in [2.24, 2.45) is 11.3 Å². The predicted octanol–water partition coefficient (Wildman–Crippen LogP) is 3.54. The van der Waals surface area contributed by atoms with Crippen LogP contribution in [0.25, 0.3) is 0 Å². The normalized spacial score (nSPS) is 26.3. The van der Waals surface area contributed by atoms with Crippen LogP contribution in [0.15, 0.2) is 24.3 Å². The Bertz CT molecular complexity index is 1010. The van der Waals surface area contributed by atoms with Crippen molar-refractivity contribution in [2.45, 2.75) is 77.3 Å². The lowest BCUT2D eigenvalue weighted by Crippen LogP contribution is -2.51. The first kappa shape index (κ1) is 26.0. The fourth-order valence-electron chi connectivity index (χ4n) is 5.80. The number of methoxy groups -OCH3 is 1. The number of amides is 5. The summed E-state index contributed by atoms with van der Waals surface area (Å²) >= 11 is 0. The summed E-state index contributed by atoms with van der Waals surface area (Å²) in [5, 5.41) is 5.76. The van der Waals surface area contributed by atoms with E-state index in [9.17, 15) is 19.2 Å². The van der Waals surface area contributed by atoms with Crippen LogP contribution in [0.3, 0.4) is 0 Å². The molecule has 2 N–H and O–H groups in total. The second kappa shape index (κ2) is 10.1. The largest absolute Gasteiger partial charge is 0.497 e. The van der Waals surface area contributed by atoms with Crippen molar-refractivity contribution in [2.75, 3.05) is 25.5 Å². The molecule has 5 amide bonds. The highest BCUT2D eigenvalue weighted by Crippen LogP contribution is 2.45. The predicted molar refractivity (Wildman–Crippen MR) is 135 cm³/mol. The number of likely N-dealkylation sites (tertiary alicyclic amines) is 1. The Labute approximate surface area is 212 Å². The zero-order valence-electron chi connectivity index (χ0n) is 21.8. The number of nitrogens with one attached hydrogen (secondary N) is 2. The van der Waals surface area contributed by atoms with Crippen molar-refractivity contribution in [1.29, 1.82) is 0 Å². The number of hydrogen-bond acceptors (Lipinski definition) is 5. The summed E-state index contributed by atoms with van der Waals surface area (Å²) in [6.07, 6.45) is 5.20. The zero-order chi connectivity index (χ0) is 26.1. The van der Waals surface area contributed by atoms with Crippen LogP contribution in [0.5, 0.6) is 5.75 Å². The van der Waals surface area contributed by atoms with Crippen LogP contribution in [0.1, 0.15) is 65.7 Å². The molecule has 0 bridgehead atoms. The molecular weight excluding hydrogens is 460 g/mol. The molecule has 3 fully saturated rings. The highest BCUT2D eigenvalue weighted by atomic mass is 16.5. The Kier molecular flexibility index (Phi) is 7.29. The molecule has 0 aromatic heterocycles. The lowest BCUT2D eigenvalue weighted by Gasteiger charge is -2.42. The number of hydrogen-bond donors (Lipinski definition) is 2. The molecular formula is C27H38N4O5. The Hall–Kier alpha value is -3.10. The number of anilines is 1. The zero-order valence-corrected chi connectivity index (χ0v) is 21.8. The first-order valence-electron chi connectivity index (χ1n) is 13.0. The maximum absolute atomic E-state index is 13.4. The number of nitrogens with zero attached hydrogens (tertiary/aromatic N) is 2. The Morgan fingerprint density at radius 3 is 2.42 bits per heavy atom. The maximum Gasteiger partial charge on any atom is 0.325 e. The molecule has 9 heteroatoms. The molecule has 1 aliphatic carbocycles. The van der Waals surface area contributed by atoms with Crippen LogP contribution in [0, 0.1) is 11.3 Å². The van der Waals surface area contributed by atoms with Gasteiger partial charge in [0.15, 0.2) is 0 Å². The molecule has 1 aromatic carbocycles. The summed E-state index contributed by atoms with van der Waals surface area (Å²) in [7, 11) is 1.57. The van der Waals surface area contributed by atoms with Gasteiger partial charge in [0.05, 0.1) is 7.11 Å². The third-order valence-electron chi connectivity index (χ3n) is 8.63. The van der Waals surface area contributed by atoms with Crippen LogP contribution in [0.4, 0.5) is 10.5 Å². The van der Waals surface area contributed by atoms with Gasteiger partial charge in [-0.05, 0) is 74.1 Å². The summed E-state index contributed by atoms with van der Waals surface area (Å²) in [5.41, 5.74) is -0.105. The number of carbonyl (C=O) groups excluding carboxylic acids is 4. The molecule has 2 saturated heterocycles. The van der Waals surface area contributed by atoms with Crippen LogP contribution in [0.2, 0.25) is 0 Å². The second-order valence-electron chi connectivity index (χ2n) is 11.0. The molecule has 36 heavy (non-hydrogen) atoms. The molecule has 196 valence electrons. The van der Waals surface area contributed by atoms with Gasteiger partial charge in [0.25, 0.3) is 5.91 Å². The fourth-order valence-corrected chi connectivity index (χ4v) is 5.80. The molecule has 1 spiro atoms.